The Bertz CT molecular complexity index is 398. The Morgan fingerprint density at radius 1 is 0.682 bits per heavy atom. The first kappa shape index (κ1) is 20.2. The fourth-order valence-corrected chi connectivity index (χ4v) is 1.73. The van der Waals surface area contributed by atoms with Crippen LogP contribution >= 0.6 is 0 Å². The zero-order valence-electron chi connectivity index (χ0n) is 13.8. The quantitative estimate of drug-likeness (QED) is 0.335. The molecule has 2 heteroatoms. The molecule has 0 bridgehead atoms. The summed E-state index contributed by atoms with van der Waals surface area (Å²) in [6.07, 6.45) is 28.5. The SMILES string of the molecule is CC/C=C\C/C=C\C/C=C\C/C=C\CC/C=C/CCC(=O)O. The van der Waals surface area contributed by atoms with Gasteiger partial charge in [0.25, 0.3) is 0 Å². The van der Waals surface area contributed by atoms with Gasteiger partial charge in [-0.05, 0) is 44.9 Å². The van der Waals surface area contributed by atoms with E-state index in [-0.39, 0.29) is 6.42 Å². The highest BCUT2D eigenvalue weighted by Crippen LogP contribution is 1.99. The molecule has 0 radical (unpaired) electrons. The van der Waals surface area contributed by atoms with Crippen molar-refractivity contribution in [3.8, 4) is 0 Å². The predicted octanol–water partition coefficient (Wildman–Crippen LogP) is 5.99. The molecule has 122 valence electrons. The van der Waals surface area contributed by atoms with Gasteiger partial charge in [-0.3, -0.25) is 4.79 Å². The highest BCUT2D eigenvalue weighted by atomic mass is 16.4. The van der Waals surface area contributed by atoms with Crippen molar-refractivity contribution in [3.63, 3.8) is 0 Å². The van der Waals surface area contributed by atoms with Crippen LogP contribution in [0.15, 0.2) is 60.8 Å². The molecule has 0 heterocycles. The van der Waals surface area contributed by atoms with Crippen LogP contribution in [0.25, 0.3) is 0 Å². The molecule has 0 aliphatic rings. The minimum absolute atomic E-state index is 0.223. The van der Waals surface area contributed by atoms with Crippen LogP contribution < -0.4 is 0 Å². The molecule has 0 aliphatic heterocycles. The second kappa shape index (κ2) is 17.2. The molecule has 0 saturated carbocycles. The monoisotopic (exact) mass is 302 g/mol. The Morgan fingerprint density at radius 2 is 1.09 bits per heavy atom. The molecule has 0 fully saturated rings. The average molecular weight is 302 g/mol. The smallest absolute Gasteiger partial charge is 0.303 e. The molecule has 0 aromatic carbocycles. The van der Waals surface area contributed by atoms with E-state index in [0.717, 1.165) is 38.5 Å². The highest BCUT2D eigenvalue weighted by Gasteiger charge is 1.90. The number of hydrogen-bond donors (Lipinski definition) is 1. The summed E-state index contributed by atoms with van der Waals surface area (Å²) in [5, 5.41) is 8.48. The zero-order chi connectivity index (χ0) is 16.3. The van der Waals surface area contributed by atoms with Crippen LogP contribution in [0.3, 0.4) is 0 Å². The molecular formula is C20H30O2. The summed E-state index contributed by atoms with van der Waals surface area (Å²) in [4.78, 5) is 10.3. The molecule has 0 aromatic heterocycles. The second-order valence-corrected chi connectivity index (χ2v) is 4.98. The van der Waals surface area contributed by atoms with Gasteiger partial charge in [0.1, 0.15) is 0 Å². The van der Waals surface area contributed by atoms with Gasteiger partial charge in [-0.25, -0.2) is 0 Å². The third-order valence-electron chi connectivity index (χ3n) is 2.91. The molecule has 0 rings (SSSR count). The van der Waals surface area contributed by atoms with Crippen LogP contribution in [-0.4, -0.2) is 11.1 Å². The number of allylic oxidation sites excluding steroid dienone is 10. The Morgan fingerprint density at radius 3 is 1.59 bits per heavy atom. The molecule has 22 heavy (non-hydrogen) atoms. The normalized spacial score (nSPS) is 12.8. The largest absolute Gasteiger partial charge is 0.481 e. The zero-order valence-corrected chi connectivity index (χ0v) is 13.8. The Labute approximate surface area is 135 Å². The molecule has 0 spiro atoms. The Kier molecular flexibility index (Phi) is 15.8. The number of unbranched alkanes of at least 4 members (excludes halogenated alkanes) is 1. The van der Waals surface area contributed by atoms with Gasteiger partial charge in [-0.1, -0.05) is 67.7 Å². The maximum absolute atomic E-state index is 10.3. The van der Waals surface area contributed by atoms with E-state index >= 15 is 0 Å². The number of carboxylic acid groups (broad SMARTS) is 1. The van der Waals surface area contributed by atoms with Gasteiger partial charge >= 0.3 is 5.97 Å². The van der Waals surface area contributed by atoms with E-state index in [2.05, 4.69) is 61.6 Å². The fourth-order valence-electron chi connectivity index (χ4n) is 1.73. The van der Waals surface area contributed by atoms with E-state index in [1.165, 1.54) is 0 Å². The van der Waals surface area contributed by atoms with Crippen molar-refractivity contribution in [2.75, 3.05) is 0 Å². The van der Waals surface area contributed by atoms with Crippen molar-refractivity contribution in [2.24, 2.45) is 0 Å². The van der Waals surface area contributed by atoms with Crippen molar-refractivity contribution in [3.05, 3.63) is 60.8 Å². The van der Waals surface area contributed by atoms with E-state index < -0.39 is 5.97 Å². The van der Waals surface area contributed by atoms with Gasteiger partial charge in [0, 0.05) is 6.42 Å². The maximum Gasteiger partial charge on any atom is 0.303 e. The average Bonchev–Trinajstić information content (AvgIpc) is 2.50. The summed E-state index contributed by atoms with van der Waals surface area (Å²) < 4.78 is 0. The summed E-state index contributed by atoms with van der Waals surface area (Å²) in [6, 6.07) is 0. The Balaban J connectivity index is 3.44. The first-order chi connectivity index (χ1) is 10.8. The van der Waals surface area contributed by atoms with E-state index in [1.54, 1.807) is 0 Å². The third kappa shape index (κ3) is 18.2. The molecule has 2 nitrogen and oxygen atoms in total. The highest BCUT2D eigenvalue weighted by molar-refractivity contribution is 5.66. The van der Waals surface area contributed by atoms with Gasteiger partial charge < -0.3 is 5.11 Å². The molecule has 0 aliphatic carbocycles. The van der Waals surface area contributed by atoms with E-state index in [0.29, 0.717) is 6.42 Å². The van der Waals surface area contributed by atoms with Gasteiger partial charge in [-0.15, -0.1) is 0 Å². The topological polar surface area (TPSA) is 37.3 Å². The molecule has 0 atom stereocenters. The van der Waals surface area contributed by atoms with Crippen LogP contribution in [0.2, 0.25) is 0 Å². The van der Waals surface area contributed by atoms with E-state index in [1.807, 2.05) is 6.08 Å². The number of aliphatic carboxylic acids is 1. The third-order valence-corrected chi connectivity index (χ3v) is 2.91. The number of hydrogen-bond acceptors (Lipinski definition) is 1. The summed E-state index contributed by atoms with van der Waals surface area (Å²) in [5.41, 5.74) is 0. The lowest BCUT2D eigenvalue weighted by atomic mass is 10.2. The van der Waals surface area contributed by atoms with Crippen molar-refractivity contribution in [1.29, 1.82) is 0 Å². The van der Waals surface area contributed by atoms with Crippen LogP contribution in [0.1, 0.15) is 58.3 Å². The lowest BCUT2D eigenvalue weighted by molar-refractivity contribution is -0.136. The number of rotatable bonds is 13. The van der Waals surface area contributed by atoms with E-state index in [9.17, 15) is 4.79 Å². The van der Waals surface area contributed by atoms with Crippen LogP contribution in [0, 0.1) is 0 Å². The summed E-state index contributed by atoms with van der Waals surface area (Å²) >= 11 is 0. The fraction of sp³-hybridized carbons (Fsp3) is 0.450. The van der Waals surface area contributed by atoms with Crippen molar-refractivity contribution < 1.29 is 9.90 Å². The number of carbonyl (C=O) groups is 1. The molecular weight excluding hydrogens is 272 g/mol. The van der Waals surface area contributed by atoms with Gasteiger partial charge in [0.2, 0.25) is 0 Å². The van der Waals surface area contributed by atoms with Gasteiger partial charge in [0.15, 0.2) is 0 Å². The minimum Gasteiger partial charge on any atom is -0.481 e. The summed E-state index contributed by atoms with van der Waals surface area (Å²) in [5.74, 6) is -0.733. The lowest BCUT2D eigenvalue weighted by Crippen LogP contribution is -1.91. The van der Waals surface area contributed by atoms with Crippen molar-refractivity contribution in [1.82, 2.24) is 0 Å². The number of carboxylic acids is 1. The van der Waals surface area contributed by atoms with Crippen LogP contribution in [-0.2, 0) is 4.79 Å². The second-order valence-electron chi connectivity index (χ2n) is 4.98. The molecule has 0 amide bonds. The van der Waals surface area contributed by atoms with Crippen molar-refractivity contribution >= 4 is 5.97 Å². The molecule has 0 saturated heterocycles. The maximum atomic E-state index is 10.3. The summed E-state index contributed by atoms with van der Waals surface area (Å²) in [6.45, 7) is 2.15. The van der Waals surface area contributed by atoms with Gasteiger partial charge in [0.05, 0.1) is 0 Å². The molecule has 1 N–H and O–H groups in total. The standard InChI is InChI=1S/C20H30O2/c1-2-3-4-5-6-7-8-9-10-11-12-13-14-15-16-17-18-19-20(21)22/h3-4,6-7,9-10,12-13,16-17H,2,5,8,11,14-15,18-19H2,1H3,(H,21,22)/b4-3-,7-6-,10-9-,13-12-,17-16+. The van der Waals surface area contributed by atoms with Crippen LogP contribution in [0.5, 0.6) is 0 Å². The van der Waals surface area contributed by atoms with Gasteiger partial charge in [-0.2, -0.15) is 0 Å². The van der Waals surface area contributed by atoms with E-state index in [4.69, 9.17) is 5.11 Å². The Hall–Kier alpha value is -1.83. The first-order valence-electron chi connectivity index (χ1n) is 8.24. The minimum atomic E-state index is -0.733. The summed E-state index contributed by atoms with van der Waals surface area (Å²) in [7, 11) is 0. The molecule has 0 aromatic rings. The lowest BCUT2D eigenvalue weighted by Gasteiger charge is -1.89. The van der Waals surface area contributed by atoms with Crippen molar-refractivity contribution in [2.45, 2.75) is 58.3 Å². The predicted molar refractivity (Wildman–Crippen MR) is 95.9 cm³/mol. The first-order valence-corrected chi connectivity index (χ1v) is 8.24. The van der Waals surface area contributed by atoms with Crippen LogP contribution in [0.4, 0.5) is 0 Å². The molecule has 0 unspecified atom stereocenters.